The summed E-state index contributed by atoms with van der Waals surface area (Å²) in [6.45, 7) is 1.50. The molecule has 0 aromatic heterocycles. The van der Waals surface area contributed by atoms with E-state index in [9.17, 15) is 0 Å². The summed E-state index contributed by atoms with van der Waals surface area (Å²) in [7, 11) is 3.79. The third-order valence-electron chi connectivity index (χ3n) is 3.45. The SMILES string of the molecule is COc1ccc(CN(C)c2ccc(Br)cc2CCN)cc1. The lowest BCUT2D eigenvalue weighted by molar-refractivity contribution is 0.414. The van der Waals surface area contributed by atoms with Gasteiger partial charge in [0, 0.05) is 23.8 Å². The van der Waals surface area contributed by atoms with Crippen molar-refractivity contribution in [3.8, 4) is 5.75 Å². The molecule has 0 aliphatic heterocycles. The average Bonchev–Trinajstić information content (AvgIpc) is 2.48. The number of nitrogens with zero attached hydrogens (tertiary/aromatic N) is 1. The van der Waals surface area contributed by atoms with E-state index in [4.69, 9.17) is 10.5 Å². The number of methoxy groups -OCH3 is 1. The molecule has 4 heteroatoms. The van der Waals surface area contributed by atoms with Crippen molar-refractivity contribution < 1.29 is 4.74 Å². The number of nitrogens with two attached hydrogens (primary N) is 1. The summed E-state index contributed by atoms with van der Waals surface area (Å²) in [5.74, 6) is 0.883. The molecule has 0 fully saturated rings. The van der Waals surface area contributed by atoms with Crippen LogP contribution in [0.2, 0.25) is 0 Å². The molecule has 3 nitrogen and oxygen atoms in total. The van der Waals surface area contributed by atoms with Crippen molar-refractivity contribution >= 4 is 21.6 Å². The highest BCUT2D eigenvalue weighted by atomic mass is 79.9. The zero-order chi connectivity index (χ0) is 15.2. The van der Waals surface area contributed by atoms with Crippen LogP contribution in [-0.4, -0.2) is 20.7 Å². The highest BCUT2D eigenvalue weighted by Gasteiger charge is 2.08. The van der Waals surface area contributed by atoms with E-state index in [1.807, 2.05) is 12.1 Å². The van der Waals surface area contributed by atoms with Crippen molar-refractivity contribution in [3.05, 3.63) is 58.1 Å². The Morgan fingerprint density at radius 3 is 2.48 bits per heavy atom. The van der Waals surface area contributed by atoms with Gasteiger partial charge in [-0.15, -0.1) is 0 Å². The number of hydrogen-bond acceptors (Lipinski definition) is 3. The molecule has 0 heterocycles. The predicted octanol–water partition coefficient (Wildman–Crippen LogP) is 3.60. The van der Waals surface area contributed by atoms with Crippen molar-refractivity contribution in [1.82, 2.24) is 0 Å². The Labute approximate surface area is 134 Å². The van der Waals surface area contributed by atoms with Gasteiger partial charge in [-0.3, -0.25) is 0 Å². The van der Waals surface area contributed by atoms with E-state index in [0.717, 1.165) is 23.2 Å². The zero-order valence-corrected chi connectivity index (χ0v) is 14.1. The van der Waals surface area contributed by atoms with Gasteiger partial charge in [0.25, 0.3) is 0 Å². The summed E-state index contributed by atoms with van der Waals surface area (Å²) >= 11 is 3.52. The Hall–Kier alpha value is -1.52. The Morgan fingerprint density at radius 2 is 1.86 bits per heavy atom. The molecular formula is C17H21BrN2O. The molecule has 0 radical (unpaired) electrons. The first-order valence-electron chi connectivity index (χ1n) is 6.96. The summed E-state index contributed by atoms with van der Waals surface area (Å²) in [4.78, 5) is 2.25. The molecule has 0 saturated heterocycles. The molecule has 0 spiro atoms. The second-order valence-electron chi connectivity index (χ2n) is 5.02. The second-order valence-corrected chi connectivity index (χ2v) is 5.93. The molecular weight excluding hydrogens is 328 g/mol. The molecule has 0 amide bonds. The van der Waals surface area contributed by atoms with Crippen LogP contribution in [0.15, 0.2) is 46.9 Å². The first-order chi connectivity index (χ1) is 10.1. The van der Waals surface area contributed by atoms with E-state index < -0.39 is 0 Å². The van der Waals surface area contributed by atoms with Crippen molar-refractivity contribution in [2.24, 2.45) is 5.73 Å². The average molecular weight is 349 g/mol. The molecule has 2 aromatic carbocycles. The minimum atomic E-state index is 0.653. The highest BCUT2D eigenvalue weighted by Crippen LogP contribution is 2.25. The van der Waals surface area contributed by atoms with E-state index >= 15 is 0 Å². The van der Waals surface area contributed by atoms with Gasteiger partial charge in [0.05, 0.1) is 7.11 Å². The number of anilines is 1. The van der Waals surface area contributed by atoms with Crippen LogP contribution in [0.5, 0.6) is 5.75 Å². The number of ether oxygens (including phenoxy) is 1. The predicted molar refractivity (Wildman–Crippen MR) is 92.0 cm³/mol. The fraction of sp³-hybridized carbons (Fsp3) is 0.294. The minimum absolute atomic E-state index is 0.653. The van der Waals surface area contributed by atoms with Gasteiger partial charge >= 0.3 is 0 Å². The van der Waals surface area contributed by atoms with Crippen LogP contribution in [0.1, 0.15) is 11.1 Å². The fourth-order valence-corrected chi connectivity index (χ4v) is 2.78. The van der Waals surface area contributed by atoms with Gasteiger partial charge in [-0.25, -0.2) is 0 Å². The quantitative estimate of drug-likeness (QED) is 0.866. The van der Waals surface area contributed by atoms with Crippen LogP contribution in [0, 0.1) is 0 Å². The summed E-state index contributed by atoms with van der Waals surface area (Å²) in [5.41, 5.74) is 9.45. The number of rotatable bonds is 6. The molecule has 21 heavy (non-hydrogen) atoms. The van der Waals surface area contributed by atoms with Gasteiger partial charge in [0.15, 0.2) is 0 Å². The highest BCUT2D eigenvalue weighted by molar-refractivity contribution is 9.10. The molecule has 2 N–H and O–H groups in total. The summed E-state index contributed by atoms with van der Waals surface area (Å²) in [5, 5.41) is 0. The molecule has 0 saturated carbocycles. The van der Waals surface area contributed by atoms with Gasteiger partial charge in [-0.1, -0.05) is 28.1 Å². The molecule has 2 aromatic rings. The second kappa shape index (κ2) is 7.48. The van der Waals surface area contributed by atoms with Crippen molar-refractivity contribution in [1.29, 1.82) is 0 Å². The molecule has 0 aliphatic carbocycles. The third-order valence-corrected chi connectivity index (χ3v) is 3.94. The van der Waals surface area contributed by atoms with Crippen LogP contribution in [0.25, 0.3) is 0 Å². The summed E-state index contributed by atoms with van der Waals surface area (Å²) < 4.78 is 6.28. The van der Waals surface area contributed by atoms with Gasteiger partial charge in [-0.2, -0.15) is 0 Å². The normalized spacial score (nSPS) is 10.5. The summed E-state index contributed by atoms with van der Waals surface area (Å²) in [6, 6.07) is 14.5. The lowest BCUT2D eigenvalue weighted by Crippen LogP contribution is -2.19. The van der Waals surface area contributed by atoms with E-state index in [-0.39, 0.29) is 0 Å². The van der Waals surface area contributed by atoms with E-state index in [1.54, 1.807) is 7.11 Å². The maximum absolute atomic E-state index is 5.72. The maximum atomic E-state index is 5.72. The van der Waals surface area contributed by atoms with Crippen LogP contribution in [-0.2, 0) is 13.0 Å². The van der Waals surface area contributed by atoms with Crippen molar-refractivity contribution in [2.45, 2.75) is 13.0 Å². The molecule has 0 aliphatic rings. The van der Waals surface area contributed by atoms with Crippen LogP contribution in [0.3, 0.4) is 0 Å². The van der Waals surface area contributed by atoms with E-state index in [0.29, 0.717) is 6.54 Å². The lowest BCUT2D eigenvalue weighted by atomic mass is 10.1. The number of hydrogen-bond donors (Lipinski definition) is 1. The largest absolute Gasteiger partial charge is 0.497 e. The number of halogens is 1. The molecule has 112 valence electrons. The molecule has 2 rings (SSSR count). The van der Waals surface area contributed by atoms with Crippen molar-refractivity contribution in [3.63, 3.8) is 0 Å². The lowest BCUT2D eigenvalue weighted by Gasteiger charge is -2.23. The Kier molecular flexibility index (Phi) is 5.65. The number of benzene rings is 2. The Bertz CT molecular complexity index is 584. The monoisotopic (exact) mass is 348 g/mol. The molecule has 0 bridgehead atoms. The van der Waals surface area contributed by atoms with Crippen LogP contribution < -0.4 is 15.4 Å². The smallest absolute Gasteiger partial charge is 0.118 e. The molecule has 0 unspecified atom stereocenters. The van der Waals surface area contributed by atoms with Gasteiger partial charge < -0.3 is 15.4 Å². The Morgan fingerprint density at radius 1 is 1.14 bits per heavy atom. The van der Waals surface area contributed by atoms with Gasteiger partial charge in [-0.05, 0) is 54.4 Å². The van der Waals surface area contributed by atoms with Gasteiger partial charge in [0.2, 0.25) is 0 Å². The first kappa shape index (κ1) is 15.9. The topological polar surface area (TPSA) is 38.5 Å². The Balaban J connectivity index is 2.16. The third kappa shape index (κ3) is 4.22. The van der Waals surface area contributed by atoms with Crippen LogP contribution >= 0.6 is 15.9 Å². The van der Waals surface area contributed by atoms with Crippen LogP contribution in [0.4, 0.5) is 5.69 Å². The first-order valence-corrected chi connectivity index (χ1v) is 7.76. The zero-order valence-electron chi connectivity index (χ0n) is 12.5. The minimum Gasteiger partial charge on any atom is -0.497 e. The van der Waals surface area contributed by atoms with Crippen molar-refractivity contribution in [2.75, 3.05) is 25.6 Å². The van der Waals surface area contributed by atoms with Gasteiger partial charge in [0.1, 0.15) is 5.75 Å². The van der Waals surface area contributed by atoms with E-state index in [2.05, 4.69) is 58.2 Å². The van der Waals surface area contributed by atoms with E-state index in [1.165, 1.54) is 16.8 Å². The fourth-order valence-electron chi connectivity index (χ4n) is 2.37. The maximum Gasteiger partial charge on any atom is 0.118 e. The standard InChI is InChI=1S/C17H21BrN2O/c1-20(12-13-3-6-16(21-2)7-4-13)17-8-5-15(18)11-14(17)9-10-19/h3-8,11H,9-10,12,19H2,1-2H3. The molecule has 0 atom stereocenters. The summed E-state index contributed by atoms with van der Waals surface area (Å²) in [6.07, 6.45) is 0.877.